The highest BCUT2D eigenvalue weighted by Crippen LogP contribution is 2.33. The molecule has 0 heterocycles. The summed E-state index contributed by atoms with van der Waals surface area (Å²) in [6.45, 7) is 6.32. The van der Waals surface area contributed by atoms with E-state index in [1.165, 1.54) is 5.56 Å². The summed E-state index contributed by atoms with van der Waals surface area (Å²) < 4.78 is 0. The molecule has 0 saturated carbocycles. The Labute approximate surface area is 91.5 Å². The van der Waals surface area contributed by atoms with E-state index in [0.717, 1.165) is 25.1 Å². The molecule has 2 rings (SSSR count). The van der Waals surface area contributed by atoms with E-state index in [4.69, 9.17) is 0 Å². The summed E-state index contributed by atoms with van der Waals surface area (Å²) in [5.41, 5.74) is 2.43. The Morgan fingerprint density at radius 2 is 1.93 bits per heavy atom. The normalized spacial score (nSPS) is 24.5. The number of likely N-dealkylation sites (N-methyl/N-ethyl adjacent to an activating group) is 1. The first-order valence-corrected chi connectivity index (χ1v) is 5.77. The Morgan fingerprint density at radius 1 is 1.27 bits per heavy atom. The summed E-state index contributed by atoms with van der Waals surface area (Å²) in [5.74, 6) is 0. The van der Waals surface area contributed by atoms with Crippen LogP contribution in [-0.2, 0) is 6.42 Å². The molecule has 0 spiro atoms. The predicted octanol–water partition coefficient (Wildman–Crippen LogP) is 1.99. The monoisotopic (exact) mass is 205 g/mol. The minimum absolute atomic E-state index is 0.275. The van der Waals surface area contributed by atoms with Gasteiger partial charge in [-0.1, -0.05) is 38.1 Å². The molecular weight excluding hydrogens is 186 g/mol. The van der Waals surface area contributed by atoms with E-state index >= 15 is 0 Å². The van der Waals surface area contributed by atoms with Crippen LogP contribution in [0.4, 0.5) is 0 Å². The SMILES string of the molecule is CCN(CC)C1Cc2ccccc2C1O. The van der Waals surface area contributed by atoms with Crippen LogP contribution in [0.3, 0.4) is 0 Å². The van der Waals surface area contributed by atoms with Crippen LogP contribution in [0.5, 0.6) is 0 Å². The molecule has 15 heavy (non-hydrogen) atoms. The number of aliphatic hydroxyl groups is 1. The van der Waals surface area contributed by atoms with Crippen molar-refractivity contribution in [2.45, 2.75) is 32.4 Å². The summed E-state index contributed by atoms with van der Waals surface area (Å²) >= 11 is 0. The van der Waals surface area contributed by atoms with Crippen LogP contribution in [0.1, 0.15) is 31.1 Å². The quantitative estimate of drug-likeness (QED) is 0.815. The first kappa shape index (κ1) is 10.7. The van der Waals surface area contributed by atoms with Gasteiger partial charge in [-0.25, -0.2) is 0 Å². The molecule has 2 unspecified atom stereocenters. The van der Waals surface area contributed by atoms with Crippen molar-refractivity contribution in [1.82, 2.24) is 4.90 Å². The molecule has 82 valence electrons. The topological polar surface area (TPSA) is 23.5 Å². The van der Waals surface area contributed by atoms with Crippen molar-refractivity contribution < 1.29 is 5.11 Å². The molecule has 1 aliphatic rings. The van der Waals surface area contributed by atoms with Gasteiger partial charge in [0.05, 0.1) is 6.10 Å². The summed E-state index contributed by atoms with van der Waals surface area (Å²) in [6, 6.07) is 8.51. The fraction of sp³-hybridized carbons (Fsp3) is 0.538. The molecule has 0 bridgehead atoms. The Bertz CT molecular complexity index is 333. The second-order valence-electron chi connectivity index (χ2n) is 4.14. The van der Waals surface area contributed by atoms with Gasteiger partial charge in [-0.15, -0.1) is 0 Å². The summed E-state index contributed by atoms with van der Waals surface area (Å²) in [7, 11) is 0. The van der Waals surface area contributed by atoms with Crippen LogP contribution in [-0.4, -0.2) is 29.1 Å². The van der Waals surface area contributed by atoms with E-state index in [0.29, 0.717) is 0 Å². The van der Waals surface area contributed by atoms with Crippen LogP contribution in [0, 0.1) is 0 Å². The predicted molar refractivity (Wildman–Crippen MR) is 61.8 cm³/mol. The lowest BCUT2D eigenvalue weighted by atomic mass is 10.1. The first-order chi connectivity index (χ1) is 7.27. The molecule has 1 aromatic carbocycles. The molecule has 0 aliphatic heterocycles. The van der Waals surface area contributed by atoms with Crippen LogP contribution < -0.4 is 0 Å². The van der Waals surface area contributed by atoms with Crippen LogP contribution in [0.15, 0.2) is 24.3 Å². The van der Waals surface area contributed by atoms with Crippen molar-refractivity contribution in [2.75, 3.05) is 13.1 Å². The van der Waals surface area contributed by atoms with Gasteiger partial charge in [-0.05, 0) is 30.6 Å². The highest BCUT2D eigenvalue weighted by molar-refractivity contribution is 5.35. The summed E-state index contributed by atoms with van der Waals surface area (Å²) in [5, 5.41) is 10.2. The molecule has 0 radical (unpaired) electrons. The fourth-order valence-electron chi connectivity index (χ4n) is 2.57. The Balaban J connectivity index is 2.22. The molecule has 0 saturated heterocycles. The zero-order valence-electron chi connectivity index (χ0n) is 9.48. The molecule has 0 fully saturated rings. The molecule has 2 heteroatoms. The van der Waals surface area contributed by atoms with Crippen molar-refractivity contribution in [3.63, 3.8) is 0 Å². The Hall–Kier alpha value is -0.860. The number of fused-ring (bicyclic) bond motifs is 1. The Morgan fingerprint density at radius 3 is 2.53 bits per heavy atom. The van der Waals surface area contributed by atoms with E-state index in [1.807, 2.05) is 12.1 Å². The minimum atomic E-state index is -0.305. The average Bonchev–Trinajstić information content (AvgIpc) is 2.60. The first-order valence-electron chi connectivity index (χ1n) is 5.77. The molecule has 1 N–H and O–H groups in total. The van der Waals surface area contributed by atoms with Gasteiger partial charge in [0.15, 0.2) is 0 Å². The maximum atomic E-state index is 10.2. The van der Waals surface area contributed by atoms with Gasteiger partial charge in [0, 0.05) is 6.04 Å². The summed E-state index contributed by atoms with van der Waals surface area (Å²) in [4.78, 5) is 2.34. The van der Waals surface area contributed by atoms with Gasteiger partial charge < -0.3 is 5.11 Å². The standard InChI is InChI=1S/C13H19NO/c1-3-14(4-2)12-9-10-7-5-6-8-11(10)13(12)15/h5-8,12-13,15H,3-4,9H2,1-2H3. The van der Waals surface area contributed by atoms with E-state index < -0.39 is 0 Å². The second-order valence-corrected chi connectivity index (χ2v) is 4.14. The van der Waals surface area contributed by atoms with Crippen molar-refractivity contribution in [2.24, 2.45) is 0 Å². The lowest BCUT2D eigenvalue weighted by Gasteiger charge is -2.28. The maximum absolute atomic E-state index is 10.2. The molecule has 1 aliphatic carbocycles. The smallest absolute Gasteiger partial charge is 0.0951 e. The minimum Gasteiger partial charge on any atom is -0.387 e. The molecule has 0 aromatic heterocycles. The third kappa shape index (κ3) is 1.80. The van der Waals surface area contributed by atoms with Crippen LogP contribution >= 0.6 is 0 Å². The molecule has 2 atom stereocenters. The van der Waals surface area contributed by atoms with Crippen LogP contribution in [0.25, 0.3) is 0 Å². The summed E-state index contributed by atoms with van der Waals surface area (Å²) in [6.07, 6.45) is 0.681. The van der Waals surface area contributed by atoms with Gasteiger partial charge >= 0.3 is 0 Å². The van der Waals surface area contributed by atoms with Gasteiger partial charge in [-0.3, -0.25) is 4.90 Å². The molecule has 0 amide bonds. The van der Waals surface area contributed by atoms with Crippen molar-refractivity contribution in [3.05, 3.63) is 35.4 Å². The largest absolute Gasteiger partial charge is 0.387 e. The lowest BCUT2D eigenvalue weighted by Crippen LogP contribution is -2.37. The van der Waals surface area contributed by atoms with Gasteiger partial charge in [0.2, 0.25) is 0 Å². The van der Waals surface area contributed by atoms with Crippen LogP contribution in [0.2, 0.25) is 0 Å². The number of benzene rings is 1. The second kappa shape index (κ2) is 4.33. The van der Waals surface area contributed by atoms with E-state index in [-0.39, 0.29) is 12.1 Å². The van der Waals surface area contributed by atoms with Gasteiger partial charge in [0.1, 0.15) is 0 Å². The number of aliphatic hydroxyl groups excluding tert-OH is 1. The van der Waals surface area contributed by atoms with E-state index in [2.05, 4.69) is 30.9 Å². The van der Waals surface area contributed by atoms with Crippen molar-refractivity contribution in [1.29, 1.82) is 0 Å². The lowest BCUT2D eigenvalue weighted by molar-refractivity contribution is 0.0669. The number of nitrogens with zero attached hydrogens (tertiary/aromatic N) is 1. The third-order valence-corrected chi connectivity index (χ3v) is 3.45. The Kier molecular flexibility index (Phi) is 3.08. The molecular formula is C13H19NO. The van der Waals surface area contributed by atoms with Gasteiger partial charge in [-0.2, -0.15) is 0 Å². The number of hydrogen-bond acceptors (Lipinski definition) is 2. The highest BCUT2D eigenvalue weighted by Gasteiger charge is 2.33. The highest BCUT2D eigenvalue weighted by atomic mass is 16.3. The van der Waals surface area contributed by atoms with E-state index in [9.17, 15) is 5.11 Å². The fourth-order valence-corrected chi connectivity index (χ4v) is 2.57. The van der Waals surface area contributed by atoms with Gasteiger partial charge in [0.25, 0.3) is 0 Å². The van der Waals surface area contributed by atoms with Crippen molar-refractivity contribution in [3.8, 4) is 0 Å². The number of hydrogen-bond donors (Lipinski definition) is 1. The zero-order chi connectivity index (χ0) is 10.8. The van der Waals surface area contributed by atoms with E-state index in [1.54, 1.807) is 0 Å². The van der Waals surface area contributed by atoms with Crippen molar-refractivity contribution >= 4 is 0 Å². The zero-order valence-corrected chi connectivity index (χ0v) is 9.48. The molecule has 1 aromatic rings. The average molecular weight is 205 g/mol. The molecule has 2 nitrogen and oxygen atoms in total. The number of rotatable bonds is 3. The maximum Gasteiger partial charge on any atom is 0.0951 e. The third-order valence-electron chi connectivity index (χ3n) is 3.45.